The molecule has 2 rings (SSSR count). The van der Waals surface area contributed by atoms with Crippen molar-refractivity contribution in [1.82, 2.24) is 5.32 Å². The second-order valence-corrected chi connectivity index (χ2v) is 6.49. The molecule has 0 saturated heterocycles. The van der Waals surface area contributed by atoms with Crippen LogP contribution in [0.15, 0.2) is 45.3 Å². The number of nitrogens with one attached hydrogen (secondary N) is 1. The van der Waals surface area contributed by atoms with E-state index in [1.807, 2.05) is 25.1 Å². The molecule has 112 valence electrons. The lowest BCUT2D eigenvalue weighted by atomic mass is 9.98. The van der Waals surface area contributed by atoms with E-state index in [1.54, 1.807) is 0 Å². The summed E-state index contributed by atoms with van der Waals surface area (Å²) < 4.78 is 29.0. The van der Waals surface area contributed by atoms with Crippen LogP contribution in [-0.4, -0.2) is 6.54 Å². The van der Waals surface area contributed by atoms with Crippen LogP contribution in [0.1, 0.15) is 30.5 Å². The largest absolute Gasteiger partial charge is 0.306 e. The van der Waals surface area contributed by atoms with Crippen LogP contribution in [0.5, 0.6) is 0 Å². The minimum Gasteiger partial charge on any atom is -0.306 e. The van der Waals surface area contributed by atoms with E-state index >= 15 is 0 Å². The second kappa shape index (κ2) is 7.47. The minimum absolute atomic E-state index is 0.326. The molecule has 21 heavy (non-hydrogen) atoms. The van der Waals surface area contributed by atoms with Gasteiger partial charge in [-0.15, -0.1) is 0 Å². The number of rotatable bonds is 5. The van der Waals surface area contributed by atoms with Gasteiger partial charge in [0.1, 0.15) is 11.6 Å². The first kappa shape index (κ1) is 16.6. The molecule has 1 atom stereocenters. The predicted molar refractivity (Wildman–Crippen MR) is 88.3 cm³/mol. The van der Waals surface area contributed by atoms with E-state index < -0.39 is 11.6 Å². The Bertz CT molecular complexity index is 580. The number of halogens is 4. The Hall–Kier alpha value is -0.780. The maximum Gasteiger partial charge on any atom is 0.131 e. The molecule has 0 heterocycles. The van der Waals surface area contributed by atoms with Crippen molar-refractivity contribution in [1.29, 1.82) is 0 Å². The Morgan fingerprint density at radius 3 is 2.38 bits per heavy atom. The van der Waals surface area contributed by atoms with Crippen molar-refractivity contribution >= 4 is 31.9 Å². The molecule has 1 N–H and O–H groups in total. The van der Waals surface area contributed by atoms with Gasteiger partial charge in [-0.1, -0.05) is 50.9 Å². The molecule has 2 aromatic rings. The van der Waals surface area contributed by atoms with Crippen molar-refractivity contribution in [3.8, 4) is 0 Å². The third kappa shape index (κ3) is 4.11. The van der Waals surface area contributed by atoms with Gasteiger partial charge in [0.15, 0.2) is 0 Å². The molecule has 1 unspecified atom stereocenters. The first-order valence-corrected chi connectivity index (χ1v) is 8.24. The van der Waals surface area contributed by atoms with Crippen LogP contribution in [0, 0.1) is 11.6 Å². The van der Waals surface area contributed by atoms with Crippen LogP contribution < -0.4 is 5.32 Å². The molecule has 1 nitrogen and oxygen atoms in total. The highest BCUT2D eigenvalue weighted by Gasteiger charge is 2.20. The van der Waals surface area contributed by atoms with Gasteiger partial charge in [0, 0.05) is 20.6 Å². The van der Waals surface area contributed by atoms with Crippen molar-refractivity contribution in [2.75, 3.05) is 6.54 Å². The van der Waals surface area contributed by atoms with E-state index in [0.29, 0.717) is 5.56 Å². The molecule has 2 aromatic carbocycles. The van der Waals surface area contributed by atoms with Crippen molar-refractivity contribution in [2.45, 2.75) is 19.4 Å². The molecular formula is C16H15Br2F2N. The van der Waals surface area contributed by atoms with Gasteiger partial charge in [-0.05, 0) is 36.7 Å². The SMILES string of the molecule is CCCNC(c1ccc(F)cc1F)c1ccc(Br)cc1Br. The van der Waals surface area contributed by atoms with Crippen molar-refractivity contribution in [2.24, 2.45) is 0 Å². The van der Waals surface area contributed by atoms with Gasteiger partial charge >= 0.3 is 0 Å². The Morgan fingerprint density at radius 2 is 1.76 bits per heavy atom. The van der Waals surface area contributed by atoms with Gasteiger partial charge in [-0.3, -0.25) is 0 Å². The number of hydrogen-bond donors (Lipinski definition) is 1. The lowest BCUT2D eigenvalue weighted by molar-refractivity contribution is 0.532. The first-order valence-electron chi connectivity index (χ1n) is 6.66. The summed E-state index contributed by atoms with van der Waals surface area (Å²) >= 11 is 6.91. The zero-order valence-electron chi connectivity index (χ0n) is 11.5. The van der Waals surface area contributed by atoms with E-state index in [0.717, 1.165) is 33.5 Å². The van der Waals surface area contributed by atoms with Crippen molar-refractivity contribution in [3.05, 3.63) is 68.1 Å². The summed E-state index contributed by atoms with van der Waals surface area (Å²) in [5.41, 5.74) is 1.35. The third-order valence-corrected chi connectivity index (χ3v) is 4.33. The lowest BCUT2D eigenvalue weighted by Crippen LogP contribution is -2.24. The average molecular weight is 419 g/mol. The average Bonchev–Trinajstić information content (AvgIpc) is 2.42. The number of hydrogen-bond acceptors (Lipinski definition) is 1. The molecule has 0 aromatic heterocycles. The van der Waals surface area contributed by atoms with Crippen LogP contribution in [0.2, 0.25) is 0 Å². The molecule has 0 amide bonds. The molecule has 5 heteroatoms. The van der Waals surface area contributed by atoms with E-state index in [9.17, 15) is 8.78 Å². The summed E-state index contributed by atoms with van der Waals surface area (Å²) in [6.07, 6.45) is 0.924. The Morgan fingerprint density at radius 1 is 1.05 bits per heavy atom. The standard InChI is InChI=1S/C16H15Br2F2N/c1-2-7-21-16(12-5-3-10(17)8-14(12)18)13-6-4-11(19)9-15(13)20/h3-6,8-9,16,21H,2,7H2,1H3. The molecule has 0 aliphatic rings. The van der Waals surface area contributed by atoms with E-state index in [2.05, 4.69) is 37.2 Å². The summed E-state index contributed by atoms with van der Waals surface area (Å²) in [6, 6.07) is 9.11. The zero-order valence-corrected chi connectivity index (χ0v) is 14.6. The van der Waals surface area contributed by atoms with E-state index in [4.69, 9.17) is 0 Å². The van der Waals surface area contributed by atoms with Crippen molar-refractivity contribution in [3.63, 3.8) is 0 Å². The van der Waals surface area contributed by atoms with Crippen LogP contribution in [-0.2, 0) is 0 Å². The zero-order chi connectivity index (χ0) is 15.4. The van der Waals surface area contributed by atoms with Gasteiger partial charge in [0.2, 0.25) is 0 Å². The molecule has 0 bridgehead atoms. The third-order valence-electron chi connectivity index (χ3n) is 3.15. The predicted octanol–water partition coefficient (Wildman–Crippen LogP) is 5.58. The smallest absolute Gasteiger partial charge is 0.131 e. The van der Waals surface area contributed by atoms with Gasteiger partial charge in [0.25, 0.3) is 0 Å². The van der Waals surface area contributed by atoms with Crippen LogP contribution in [0.25, 0.3) is 0 Å². The molecule has 0 fully saturated rings. The first-order chi connectivity index (χ1) is 10.0. The maximum absolute atomic E-state index is 14.1. The van der Waals surface area contributed by atoms with Gasteiger partial charge in [0.05, 0.1) is 6.04 Å². The monoisotopic (exact) mass is 417 g/mol. The fourth-order valence-corrected chi connectivity index (χ4v) is 3.42. The Kier molecular flexibility index (Phi) is 5.90. The van der Waals surface area contributed by atoms with Gasteiger partial charge in [-0.25, -0.2) is 8.78 Å². The highest BCUT2D eigenvalue weighted by molar-refractivity contribution is 9.11. The maximum atomic E-state index is 14.1. The molecule has 0 aliphatic heterocycles. The summed E-state index contributed by atoms with van der Waals surface area (Å²) in [4.78, 5) is 0. The molecule has 0 spiro atoms. The van der Waals surface area contributed by atoms with Gasteiger partial charge < -0.3 is 5.32 Å². The van der Waals surface area contributed by atoms with E-state index in [-0.39, 0.29) is 6.04 Å². The normalized spacial score (nSPS) is 12.4. The van der Waals surface area contributed by atoms with Crippen molar-refractivity contribution < 1.29 is 8.78 Å². The molecule has 0 aliphatic carbocycles. The van der Waals surface area contributed by atoms with Crippen LogP contribution >= 0.6 is 31.9 Å². The fourth-order valence-electron chi connectivity index (χ4n) is 2.15. The topological polar surface area (TPSA) is 12.0 Å². The molecular weight excluding hydrogens is 404 g/mol. The number of benzene rings is 2. The summed E-state index contributed by atoms with van der Waals surface area (Å²) in [5, 5.41) is 3.31. The van der Waals surface area contributed by atoms with Crippen LogP contribution in [0.4, 0.5) is 8.78 Å². The fraction of sp³-hybridized carbons (Fsp3) is 0.250. The molecule has 0 radical (unpaired) electrons. The summed E-state index contributed by atoms with van der Waals surface area (Å²) in [5.74, 6) is -1.11. The highest BCUT2D eigenvalue weighted by atomic mass is 79.9. The van der Waals surface area contributed by atoms with E-state index in [1.165, 1.54) is 12.1 Å². The lowest BCUT2D eigenvalue weighted by Gasteiger charge is -2.21. The van der Waals surface area contributed by atoms with Crippen LogP contribution in [0.3, 0.4) is 0 Å². The highest BCUT2D eigenvalue weighted by Crippen LogP contribution is 2.32. The summed E-state index contributed by atoms with van der Waals surface area (Å²) in [7, 11) is 0. The quantitative estimate of drug-likeness (QED) is 0.668. The summed E-state index contributed by atoms with van der Waals surface area (Å²) in [6.45, 7) is 2.78. The Labute approximate surface area is 140 Å². The molecule has 0 saturated carbocycles. The second-order valence-electron chi connectivity index (χ2n) is 4.72. The minimum atomic E-state index is -0.569. The van der Waals surface area contributed by atoms with Gasteiger partial charge in [-0.2, -0.15) is 0 Å². The Balaban J connectivity index is 2.46.